The highest BCUT2D eigenvalue weighted by Gasteiger charge is 2.36. The van der Waals surface area contributed by atoms with Gasteiger partial charge in [0.05, 0.1) is 11.4 Å². The predicted molar refractivity (Wildman–Crippen MR) is 212 cm³/mol. The molecule has 0 bridgehead atoms. The highest BCUT2D eigenvalue weighted by Crippen LogP contribution is 2.53. The average Bonchev–Trinajstić information content (AvgIpc) is 3.79. The van der Waals surface area contributed by atoms with Crippen LogP contribution in [0.2, 0.25) is 0 Å². The summed E-state index contributed by atoms with van der Waals surface area (Å²) in [7, 11) is 0. The van der Waals surface area contributed by atoms with Crippen LogP contribution in [0.3, 0.4) is 0 Å². The maximum Gasteiger partial charge on any atom is 0.136 e. The molecule has 2 atom stereocenters. The molecule has 11 rings (SSSR count). The Morgan fingerprint density at radius 3 is 2.30 bits per heavy atom. The zero-order chi connectivity index (χ0) is 32.9. The smallest absolute Gasteiger partial charge is 0.136 e. The topological polar surface area (TPSA) is 25.5 Å². The van der Waals surface area contributed by atoms with Gasteiger partial charge in [-0.05, 0) is 87.0 Å². The van der Waals surface area contributed by atoms with Gasteiger partial charge in [0.1, 0.15) is 11.2 Å². The van der Waals surface area contributed by atoms with Crippen LogP contribution in [0.15, 0.2) is 161 Å². The van der Waals surface area contributed by atoms with E-state index in [4.69, 9.17) is 9.41 Å². The Bertz CT molecular complexity index is 2940. The van der Waals surface area contributed by atoms with E-state index >= 15 is 0 Å². The largest absolute Gasteiger partial charge is 0.456 e. The van der Waals surface area contributed by atoms with Crippen molar-refractivity contribution in [2.45, 2.75) is 25.2 Å². The van der Waals surface area contributed by atoms with Crippen molar-refractivity contribution in [2.75, 3.05) is 0 Å². The van der Waals surface area contributed by atoms with Gasteiger partial charge in [0.15, 0.2) is 0 Å². The van der Waals surface area contributed by atoms with Gasteiger partial charge in [-0.3, -0.25) is 0 Å². The molecule has 50 heavy (non-hydrogen) atoms. The first-order chi connectivity index (χ1) is 24.7. The number of aliphatic imine (C=N–C) groups is 1. The van der Waals surface area contributed by atoms with Crippen molar-refractivity contribution in [1.82, 2.24) is 0 Å². The molecule has 1 aliphatic carbocycles. The molecule has 9 aromatic rings. The van der Waals surface area contributed by atoms with Gasteiger partial charge >= 0.3 is 0 Å². The summed E-state index contributed by atoms with van der Waals surface area (Å²) < 4.78 is 9.28. The van der Waals surface area contributed by atoms with Crippen molar-refractivity contribution >= 4 is 75.6 Å². The molecule has 2 aromatic heterocycles. The zero-order valence-electron chi connectivity index (χ0n) is 27.5. The Balaban J connectivity index is 1.18. The molecule has 2 nitrogen and oxygen atoms in total. The minimum absolute atomic E-state index is 0.00998. The summed E-state index contributed by atoms with van der Waals surface area (Å²) in [6, 6.07) is 51.0. The molecule has 1 aliphatic heterocycles. The van der Waals surface area contributed by atoms with Gasteiger partial charge in [-0.15, -0.1) is 11.3 Å². The molecular formula is C47H31NOS. The number of rotatable bonds is 3. The van der Waals surface area contributed by atoms with Crippen molar-refractivity contribution in [3.05, 3.63) is 173 Å². The van der Waals surface area contributed by atoms with Crippen molar-refractivity contribution in [1.29, 1.82) is 0 Å². The van der Waals surface area contributed by atoms with E-state index < -0.39 is 0 Å². The SMILES string of the molecule is CCC1C=C(C2c3ccccc3-c3cc4c(cc32)oc2ccc3ccccc3c24)C(c2ccc3c(c2)sc2ccccc23)=Nc2ccccc21. The van der Waals surface area contributed by atoms with Gasteiger partial charge in [-0.1, -0.05) is 116 Å². The Morgan fingerprint density at radius 2 is 1.38 bits per heavy atom. The number of benzene rings is 7. The lowest BCUT2D eigenvalue weighted by Crippen LogP contribution is -2.13. The molecule has 7 aromatic carbocycles. The van der Waals surface area contributed by atoms with E-state index in [0.29, 0.717) is 0 Å². The molecule has 3 heteroatoms. The van der Waals surface area contributed by atoms with Gasteiger partial charge in [0.2, 0.25) is 0 Å². The van der Waals surface area contributed by atoms with E-state index in [2.05, 4.69) is 153 Å². The van der Waals surface area contributed by atoms with Crippen LogP contribution < -0.4 is 0 Å². The molecule has 3 heterocycles. The van der Waals surface area contributed by atoms with Gasteiger partial charge in [-0.2, -0.15) is 0 Å². The summed E-state index contributed by atoms with van der Waals surface area (Å²) in [5.41, 5.74) is 12.9. The lowest BCUT2D eigenvalue weighted by molar-refractivity contribution is 0.668. The third kappa shape index (κ3) is 3.98. The predicted octanol–water partition coefficient (Wildman–Crippen LogP) is 13.5. The molecule has 0 fully saturated rings. The first kappa shape index (κ1) is 28.1. The second-order valence-corrected chi connectivity index (χ2v) is 14.8. The lowest BCUT2D eigenvalue weighted by Gasteiger charge is -2.21. The van der Waals surface area contributed by atoms with Crippen LogP contribution in [-0.2, 0) is 0 Å². The third-order valence-corrected chi connectivity index (χ3v) is 12.2. The Hall–Kier alpha value is -5.77. The maximum absolute atomic E-state index is 6.68. The second-order valence-electron chi connectivity index (χ2n) is 13.7. The van der Waals surface area contributed by atoms with Gasteiger partial charge in [0.25, 0.3) is 0 Å². The number of para-hydroxylation sites is 1. The van der Waals surface area contributed by atoms with Crippen molar-refractivity contribution < 1.29 is 4.42 Å². The molecule has 2 aliphatic rings. The van der Waals surface area contributed by atoms with Crippen LogP contribution in [0.4, 0.5) is 5.69 Å². The van der Waals surface area contributed by atoms with Crippen LogP contribution in [0.1, 0.15) is 47.4 Å². The maximum atomic E-state index is 6.68. The van der Waals surface area contributed by atoms with Gasteiger partial charge in [-0.25, -0.2) is 4.99 Å². The average molecular weight is 658 g/mol. The molecule has 2 unspecified atom stereocenters. The standard InChI is InChI=1S/C47H31NOS/c1-2-27-23-39(47(48-40-17-9-7-12-30(27)40)29-19-21-34-33-15-8-10-18-43(33)50-44(34)24-29)45-35-16-6-5-14-32(35)36-25-38-42(26-37(36)45)49-41-22-20-28-11-3-4-13-31(28)46(38)41/h3-27,45H,2H2,1H3. The molecule has 0 saturated heterocycles. The fourth-order valence-corrected chi connectivity index (χ4v) is 9.87. The normalized spacial score (nSPS) is 16.8. The third-order valence-electron chi connectivity index (χ3n) is 11.0. The second kappa shape index (κ2) is 10.6. The first-order valence-electron chi connectivity index (χ1n) is 17.5. The number of hydrogen-bond acceptors (Lipinski definition) is 3. The Kier molecular flexibility index (Phi) is 5.97. The summed E-state index contributed by atoms with van der Waals surface area (Å²) in [6.07, 6.45) is 3.53. The van der Waals surface area contributed by atoms with E-state index in [-0.39, 0.29) is 11.8 Å². The Labute approximate surface area is 293 Å². The highest BCUT2D eigenvalue weighted by molar-refractivity contribution is 7.25. The number of thiophene rings is 1. The number of allylic oxidation sites excluding steroid dienone is 2. The molecule has 0 N–H and O–H groups in total. The fraction of sp³-hybridized carbons (Fsp3) is 0.0851. The molecule has 0 amide bonds. The summed E-state index contributed by atoms with van der Waals surface area (Å²) in [5.74, 6) is 0.254. The highest BCUT2D eigenvalue weighted by atomic mass is 32.1. The van der Waals surface area contributed by atoms with Crippen LogP contribution in [0, 0.1) is 0 Å². The van der Waals surface area contributed by atoms with Crippen LogP contribution in [0.5, 0.6) is 0 Å². The van der Waals surface area contributed by atoms with Gasteiger partial charge < -0.3 is 4.42 Å². The number of hydrogen-bond donors (Lipinski definition) is 0. The van der Waals surface area contributed by atoms with Crippen molar-refractivity contribution in [2.24, 2.45) is 4.99 Å². The van der Waals surface area contributed by atoms with Crippen LogP contribution in [0.25, 0.3) is 64.0 Å². The number of fused-ring (bicyclic) bond motifs is 12. The molecule has 0 spiro atoms. The summed E-state index contributed by atoms with van der Waals surface area (Å²) in [5, 5.41) is 7.44. The number of nitrogens with zero attached hydrogens (tertiary/aromatic N) is 1. The van der Waals surface area contributed by atoms with E-state index in [1.54, 1.807) is 0 Å². The van der Waals surface area contributed by atoms with E-state index in [1.165, 1.54) is 75.1 Å². The minimum Gasteiger partial charge on any atom is -0.456 e. The Morgan fingerprint density at radius 1 is 0.600 bits per heavy atom. The van der Waals surface area contributed by atoms with E-state index in [9.17, 15) is 0 Å². The summed E-state index contributed by atoms with van der Waals surface area (Å²) >= 11 is 1.86. The number of furan rings is 1. The molecule has 0 radical (unpaired) electrons. The lowest BCUT2D eigenvalue weighted by atomic mass is 9.81. The quantitative estimate of drug-likeness (QED) is 0.186. The summed E-state index contributed by atoms with van der Waals surface area (Å²) in [6.45, 7) is 2.29. The minimum atomic E-state index is 0.00998. The van der Waals surface area contributed by atoms with Crippen molar-refractivity contribution in [3.8, 4) is 11.1 Å². The summed E-state index contributed by atoms with van der Waals surface area (Å²) in [4.78, 5) is 5.60. The monoisotopic (exact) mass is 657 g/mol. The molecule has 0 saturated carbocycles. The zero-order valence-corrected chi connectivity index (χ0v) is 28.3. The molecule has 236 valence electrons. The first-order valence-corrected chi connectivity index (χ1v) is 18.3. The van der Waals surface area contributed by atoms with E-state index in [1.807, 2.05) is 11.3 Å². The van der Waals surface area contributed by atoms with Crippen LogP contribution >= 0.6 is 11.3 Å². The van der Waals surface area contributed by atoms with Crippen molar-refractivity contribution in [3.63, 3.8) is 0 Å². The van der Waals surface area contributed by atoms with E-state index in [0.717, 1.165) is 34.5 Å². The fourth-order valence-electron chi connectivity index (χ4n) is 8.73. The van der Waals surface area contributed by atoms with Gasteiger partial charge in [0, 0.05) is 48.3 Å². The van der Waals surface area contributed by atoms with Crippen LogP contribution in [-0.4, -0.2) is 5.71 Å². The molecular weight excluding hydrogens is 627 g/mol.